The number of fused-ring (bicyclic) bond motifs is 1. The number of nitrogens with zero attached hydrogens (tertiary/aromatic N) is 2. The predicted octanol–water partition coefficient (Wildman–Crippen LogP) is 4.86. The number of aromatic nitrogens is 1. The Bertz CT molecular complexity index is 977. The Balaban J connectivity index is 1.45. The van der Waals surface area contributed by atoms with Gasteiger partial charge in [0, 0.05) is 35.4 Å². The second-order valence-corrected chi connectivity index (χ2v) is 8.41. The molecule has 4 nitrogen and oxygen atoms in total. The van der Waals surface area contributed by atoms with Crippen molar-refractivity contribution in [1.82, 2.24) is 9.88 Å². The Hall–Kier alpha value is -2.09. The number of halogens is 2. The third-order valence-electron chi connectivity index (χ3n) is 4.45. The molecule has 4 rings (SSSR count). The van der Waals surface area contributed by atoms with Gasteiger partial charge in [0.05, 0.1) is 11.3 Å². The summed E-state index contributed by atoms with van der Waals surface area (Å²) in [6, 6.07) is 14.7. The molecule has 2 heterocycles. The molecule has 0 atom stereocenters. The summed E-state index contributed by atoms with van der Waals surface area (Å²) < 4.78 is 14.6. The van der Waals surface area contributed by atoms with Gasteiger partial charge in [-0.1, -0.05) is 46.3 Å². The van der Waals surface area contributed by atoms with Gasteiger partial charge >= 0.3 is 0 Å². The van der Waals surface area contributed by atoms with E-state index in [0.717, 1.165) is 36.6 Å². The van der Waals surface area contributed by atoms with Crippen molar-refractivity contribution in [2.24, 2.45) is 0 Å². The van der Waals surface area contributed by atoms with Crippen molar-refractivity contribution in [2.45, 2.75) is 19.5 Å². The zero-order valence-electron chi connectivity index (χ0n) is 14.4. The molecular formula is C20H17BrFN3OS. The Morgan fingerprint density at radius 3 is 2.89 bits per heavy atom. The monoisotopic (exact) mass is 445 g/mol. The lowest BCUT2D eigenvalue weighted by atomic mass is 10.1. The van der Waals surface area contributed by atoms with Crippen molar-refractivity contribution in [2.75, 3.05) is 11.9 Å². The minimum atomic E-state index is -0.550. The van der Waals surface area contributed by atoms with Crippen LogP contribution in [0.25, 0.3) is 0 Å². The molecule has 27 heavy (non-hydrogen) atoms. The zero-order chi connectivity index (χ0) is 18.8. The van der Waals surface area contributed by atoms with E-state index in [0.29, 0.717) is 9.60 Å². The standard InChI is InChI=1S/C20H17BrFN3OS/c21-14-6-7-16(22)15(10-14)19(26)24-20-23-17-8-9-25(12-18(17)27-20)11-13-4-2-1-3-5-13/h1-7,10H,8-9,11-12H2,(H,23,24,26). The van der Waals surface area contributed by atoms with E-state index in [9.17, 15) is 9.18 Å². The molecule has 0 saturated heterocycles. The lowest BCUT2D eigenvalue weighted by Gasteiger charge is -2.25. The van der Waals surface area contributed by atoms with Gasteiger partial charge in [-0.05, 0) is 23.8 Å². The van der Waals surface area contributed by atoms with Gasteiger partial charge in [0.2, 0.25) is 0 Å². The molecule has 7 heteroatoms. The number of carbonyl (C=O) groups is 1. The van der Waals surface area contributed by atoms with Crippen LogP contribution in [0.2, 0.25) is 0 Å². The van der Waals surface area contributed by atoms with Crippen molar-refractivity contribution in [1.29, 1.82) is 0 Å². The Kier molecular flexibility index (Phi) is 5.33. The smallest absolute Gasteiger partial charge is 0.260 e. The normalized spacial score (nSPS) is 14.0. The molecule has 0 fully saturated rings. The molecule has 0 bridgehead atoms. The van der Waals surface area contributed by atoms with E-state index >= 15 is 0 Å². The highest BCUT2D eigenvalue weighted by atomic mass is 79.9. The predicted molar refractivity (Wildman–Crippen MR) is 108 cm³/mol. The fourth-order valence-corrected chi connectivity index (χ4v) is 4.52. The average Bonchev–Trinajstić information content (AvgIpc) is 3.06. The van der Waals surface area contributed by atoms with Crippen molar-refractivity contribution in [3.63, 3.8) is 0 Å². The molecule has 1 aliphatic heterocycles. The maximum absolute atomic E-state index is 13.9. The van der Waals surface area contributed by atoms with Crippen molar-refractivity contribution >= 4 is 38.3 Å². The van der Waals surface area contributed by atoms with E-state index in [1.165, 1.54) is 29.0 Å². The lowest BCUT2D eigenvalue weighted by Crippen LogP contribution is -2.29. The minimum absolute atomic E-state index is 0.00301. The van der Waals surface area contributed by atoms with E-state index in [2.05, 4.69) is 43.3 Å². The SMILES string of the molecule is O=C(Nc1nc2c(s1)CN(Cc1ccccc1)CC2)c1cc(Br)ccc1F. The van der Waals surface area contributed by atoms with Gasteiger partial charge in [-0.15, -0.1) is 11.3 Å². The fraction of sp³-hybridized carbons (Fsp3) is 0.200. The molecule has 1 amide bonds. The first-order chi connectivity index (χ1) is 13.1. The van der Waals surface area contributed by atoms with Gasteiger partial charge in [0.1, 0.15) is 5.82 Å². The average molecular weight is 446 g/mol. The van der Waals surface area contributed by atoms with Crippen LogP contribution >= 0.6 is 27.3 Å². The van der Waals surface area contributed by atoms with Gasteiger partial charge in [-0.2, -0.15) is 0 Å². The van der Waals surface area contributed by atoms with Crippen LogP contribution in [-0.4, -0.2) is 22.3 Å². The number of anilines is 1. The number of nitrogens with one attached hydrogen (secondary N) is 1. The van der Waals surface area contributed by atoms with E-state index < -0.39 is 11.7 Å². The van der Waals surface area contributed by atoms with Gasteiger partial charge in [0.25, 0.3) is 5.91 Å². The molecule has 1 aromatic heterocycles. The highest BCUT2D eigenvalue weighted by Crippen LogP contribution is 2.29. The van der Waals surface area contributed by atoms with Crippen LogP contribution in [0.3, 0.4) is 0 Å². The quantitative estimate of drug-likeness (QED) is 0.623. The third kappa shape index (κ3) is 4.26. The number of benzene rings is 2. The molecule has 138 valence electrons. The summed E-state index contributed by atoms with van der Waals surface area (Å²) in [4.78, 5) is 20.5. The zero-order valence-corrected chi connectivity index (χ0v) is 16.8. The lowest BCUT2D eigenvalue weighted by molar-refractivity contribution is 0.102. The minimum Gasteiger partial charge on any atom is -0.298 e. The van der Waals surface area contributed by atoms with Crippen LogP contribution in [0.5, 0.6) is 0 Å². The first kappa shape index (κ1) is 18.3. The largest absolute Gasteiger partial charge is 0.298 e. The van der Waals surface area contributed by atoms with Crippen molar-refractivity contribution < 1.29 is 9.18 Å². The number of rotatable bonds is 4. The number of hydrogen-bond donors (Lipinski definition) is 1. The molecular weight excluding hydrogens is 429 g/mol. The molecule has 0 spiro atoms. The molecule has 0 radical (unpaired) electrons. The van der Waals surface area contributed by atoms with E-state index in [4.69, 9.17) is 0 Å². The van der Waals surface area contributed by atoms with Crippen LogP contribution in [-0.2, 0) is 19.5 Å². The number of hydrogen-bond acceptors (Lipinski definition) is 4. The summed E-state index contributed by atoms with van der Waals surface area (Å²) in [6.07, 6.45) is 0.847. The molecule has 3 aromatic rings. The molecule has 0 unspecified atom stereocenters. The van der Waals surface area contributed by atoms with Crippen LogP contribution in [0.1, 0.15) is 26.5 Å². The van der Waals surface area contributed by atoms with Gasteiger partial charge in [0.15, 0.2) is 5.13 Å². The summed E-state index contributed by atoms with van der Waals surface area (Å²) in [6.45, 7) is 2.63. The Labute approximate surface area is 169 Å². The number of carbonyl (C=O) groups excluding carboxylic acids is 1. The molecule has 1 N–H and O–H groups in total. The van der Waals surface area contributed by atoms with Gasteiger partial charge in [-0.25, -0.2) is 9.37 Å². The second kappa shape index (κ2) is 7.88. The fourth-order valence-electron chi connectivity index (χ4n) is 3.11. The Morgan fingerprint density at radius 1 is 1.26 bits per heavy atom. The van der Waals surface area contributed by atoms with Crippen LogP contribution in [0.15, 0.2) is 53.0 Å². The summed E-state index contributed by atoms with van der Waals surface area (Å²) in [7, 11) is 0. The van der Waals surface area contributed by atoms with Crippen LogP contribution in [0, 0.1) is 5.82 Å². The summed E-state index contributed by atoms with van der Waals surface area (Å²) >= 11 is 4.73. The first-order valence-electron chi connectivity index (χ1n) is 8.60. The molecule has 0 saturated carbocycles. The van der Waals surface area contributed by atoms with Crippen molar-refractivity contribution in [3.05, 3.63) is 80.5 Å². The van der Waals surface area contributed by atoms with E-state index in [1.54, 1.807) is 6.07 Å². The maximum atomic E-state index is 13.9. The summed E-state index contributed by atoms with van der Waals surface area (Å²) in [5, 5.41) is 3.26. The number of thiazole rings is 1. The number of amides is 1. The Morgan fingerprint density at radius 2 is 2.07 bits per heavy atom. The molecule has 2 aromatic carbocycles. The summed E-state index contributed by atoms with van der Waals surface area (Å²) in [5.74, 6) is -1.04. The highest BCUT2D eigenvalue weighted by molar-refractivity contribution is 9.10. The van der Waals surface area contributed by atoms with Crippen LogP contribution in [0.4, 0.5) is 9.52 Å². The topological polar surface area (TPSA) is 45.2 Å². The van der Waals surface area contributed by atoms with Crippen molar-refractivity contribution in [3.8, 4) is 0 Å². The van der Waals surface area contributed by atoms with Crippen LogP contribution < -0.4 is 5.32 Å². The molecule has 1 aliphatic rings. The van der Waals surface area contributed by atoms with Gasteiger partial charge in [-0.3, -0.25) is 15.0 Å². The first-order valence-corrected chi connectivity index (χ1v) is 10.2. The molecule has 0 aliphatic carbocycles. The maximum Gasteiger partial charge on any atom is 0.260 e. The highest BCUT2D eigenvalue weighted by Gasteiger charge is 2.22. The summed E-state index contributed by atoms with van der Waals surface area (Å²) in [5.41, 5.74) is 2.31. The van der Waals surface area contributed by atoms with Gasteiger partial charge < -0.3 is 0 Å². The van der Waals surface area contributed by atoms with E-state index in [-0.39, 0.29) is 5.56 Å². The van der Waals surface area contributed by atoms with E-state index in [1.807, 2.05) is 18.2 Å². The third-order valence-corrected chi connectivity index (χ3v) is 5.94. The second-order valence-electron chi connectivity index (χ2n) is 6.41.